The van der Waals surface area contributed by atoms with E-state index in [2.05, 4.69) is 15.2 Å². The first-order valence-electron chi connectivity index (χ1n) is 13.1. The number of pyridine rings is 1. The van der Waals surface area contributed by atoms with Crippen LogP contribution >= 0.6 is 0 Å². The summed E-state index contributed by atoms with van der Waals surface area (Å²) in [4.78, 5) is 19.4. The Kier molecular flexibility index (Phi) is 8.17. The number of carbonyl (C=O) groups is 1. The average molecular weight is 521 g/mol. The third-order valence-electron chi connectivity index (χ3n) is 7.12. The number of hydrogen-bond acceptors (Lipinski definition) is 7. The van der Waals surface area contributed by atoms with Crippen LogP contribution in [0.3, 0.4) is 0 Å². The summed E-state index contributed by atoms with van der Waals surface area (Å²) in [6.45, 7) is 3.70. The van der Waals surface area contributed by atoms with E-state index in [0.29, 0.717) is 25.5 Å². The third kappa shape index (κ3) is 6.48. The second-order valence-electron chi connectivity index (χ2n) is 9.95. The van der Waals surface area contributed by atoms with Crippen LogP contribution in [0.15, 0.2) is 54.7 Å². The van der Waals surface area contributed by atoms with Crippen molar-refractivity contribution >= 4 is 5.91 Å². The number of nitrogens with two attached hydrogens (primary N) is 1. The number of nitrogens with zero attached hydrogens (tertiary/aromatic N) is 2. The Bertz CT molecular complexity index is 1270. The first kappa shape index (κ1) is 26.1. The summed E-state index contributed by atoms with van der Waals surface area (Å²) >= 11 is 0. The highest BCUT2D eigenvalue weighted by molar-refractivity contribution is 5.96. The Labute approximate surface area is 221 Å². The average Bonchev–Trinajstić information content (AvgIpc) is 2.92. The number of phenols is 1. The number of carbonyl (C=O) groups excluding carboxylic acids is 1. The number of rotatable bonds is 7. The largest absolute Gasteiger partial charge is 0.508 e. The number of amides is 1. The number of phenolic OH excluding ortho intramolecular Hbond substituents is 1. The Morgan fingerprint density at radius 1 is 1.13 bits per heavy atom. The molecule has 1 aliphatic heterocycles. The Morgan fingerprint density at radius 2 is 1.92 bits per heavy atom. The lowest BCUT2D eigenvalue weighted by atomic mass is 9.91. The summed E-state index contributed by atoms with van der Waals surface area (Å²) in [5.74, 6) is -0.332. The van der Waals surface area contributed by atoms with E-state index in [9.17, 15) is 14.3 Å². The summed E-state index contributed by atoms with van der Waals surface area (Å²) in [6, 6.07) is 14.0. The van der Waals surface area contributed by atoms with Gasteiger partial charge < -0.3 is 25.6 Å². The molecule has 200 valence electrons. The van der Waals surface area contributed by atoms with Crippen molar-refractivity contribution in [3.63, 3.8) is 0 Å². The van der Waals surface area contributed by atoms with E-state index in [1.165, 1.54) is 0 Å². The van der Waals surface area contributed by atoms with E-state index in [4.69, 9.17) is 15.2 Å². The molecular formula is C29H33FN4O4. The van der Waals surface area contributed by atoms with Crippen molar-refractivity contribution in [3.8, 4) is 28.5 Å². The van der Waals surface area contributed by atoms with E-state index < -0.39 is 11.7 Å². The molecule has 2 aliphatic rings. The topological polar surface area (TPSA) is 110 Å². The van der Waals surface area contributed by atoms with E-state index in [1.54, 1.807) is 18.2 Å². The number of hydrogen-bond donors (Lipinski definition) is 3. The number of halogens is 1. The molecule has 2 aromatic carbocycles. The van der Waals surface area contributed by atoms with Crippen LogP contribution < -0.4 is 15.8 Å². The lowest BCUT2D eigenvalue weighted by Crippen LogP contribution is -2.40. The van der Waals surface area contributed by atoms with Gasteiger partial charge in [-0.3, -0.25) is 9.69 Å². The molecule has 4 N–H and O–H groups in total. The molecule has 8 nitrogen and oxygen atoms in total. The monoisotopic (exact) mass is 520 g/mol. The molecule has 2 fully saturated rings. The quantitative estimate of drug-likeness (QED) is 0.428. The fourth-order valence-electron chi connectivity index (χ4n) is 5.03. The van der Waals surface area contributed by atoms with Gasteiger partial charge in [0.1, 0.15) is 22.9 Å². The van der Waals surface area contributed by atoms with Crippen LogP contribution in [0, 0.1) is 5.82 Å². The molecule has 3 aromatic rings. The van der Waals surface area contributed by atoms with Gasteiger partial charge in [-0.15, -0.1) is 0 Å². The molecule has 0 spiro atoms. The molecule has 1 saturated carbocycles. The zero-order valence-electron chi connectivity index (χ0n) is 21.2. The highest BCUT2D eigenvalue weighted by atomic mass is 19.1. The molecule has 38 heavy (non-hydrogen) atoms. The normalized spacial score (nSPS) is 20.2. The molecule has 1 aliphatic carbocycles. The van der Waals surface area contributed by atoms with Gasteiger partial charge in [-0.25, -0.2) is 9.37 Å². The summed E-state index contributed by atoms with van der Waals surface area (Å²) < 4.78 is 25.6. The summed E-state index contributed by atoms with van der Waals surface area (Å²) in [5, 5.41) is 13.1. The zero-order valence-corrected chi connectivity index (χ0v) is 21.2. The van der Waals surface area contributed by atoms with E-state index in [0.717, 1.165) is 67.7 Å². The first-order chi connectivity index (χ1) is 18.4. The Balaban J connectivity index is 1.37. The maximum Gasteiger partial charge on any atom is 0.257 e. The number of ether oxygens (including phenoxy) is 2. The minimum Gasteiger partial charge on any atom is -0.508 e. The van der Waals surface area contributed by atoms with Crippen LogP contribution in [0.1, 0.15) is 41.6 Å². The second kappa shape index (κ2) is 11.9. The van der Waals surface area contributed by atoms with Crippen LogP contribution in [-0.4, -0.2) is 59.3 Å². The highest BCUT2D eigenvalue weighted by Crippen LogP contribution is 2.32. The molecule has 9 heteroatoms. The number of benzene rings is 2. The maximum absolute atomic E-state index is 14.1. The lowest BCUT2D eigenvalue weighted by Gasteiger charge is -2.27. The van der Waals surface area contributed by atoms with E-state index >= 15 is 0 Å². The molecule has 1 amide bonds. The van der Waals surface area contributed by atoms with E-state index in [-0.39, 0.29) is 29.3 Å². The summed E-state index contributed by atoms with van der Waals surface area (Å²) in [7, 11) is 0. The van der Waals surface area contributed by atoms with Gasteiger partial charge in [-0.1, -0.05) is 18.2 Å². The maximum atomic E-state index is 14.1. The molecule has 0 radical (unpaired) electrons. The number of nitrogens with one attached hydrogen (secondary N) is 1. The van der Waals surface area contributed by atoms with Gasteiger partial charge in [0.15, 0.2) is 0 Å². The Morgan fingerprint density at radius 3 is 2.71 bits per heavy atom. The van der Waals surface area contributed by atoms with Gasteiger partial charge in [0.25, 0.3) is 5.91 Å². The SMILES string of the molecule is N[C@H]1CC[C@H](NC(=O)c2cc(F)cnc2Oc2cccc(-c3ccc(O)cc3CN3CCOCC3)c2)CC1. The van der Waals surface area contributed by atoms with E-state index in [1.807, 2.05) is 24.3 Å². The number of morpholine rings is 1. The zero-order chi connectivity index (χ0) is 26.5. The van der Waals surface area contributed by atoms with Crippen LogP contribution in [0.2, 0.25) is 0 Å². The first-order valence-corrected chi connectivity index (χ1v) is 13.1. The van der Waals surface area contributed by atoms with Crippen molar-refractivity contribution < 1.29 is 23.8 Å². The van der Waals surface area contributed by atoms with Gasteiger partial charge in [-0.2, -0.15) is 0 Å². The fraction of sp³-hybridized carbons (Fsp3) is 0.379. The molecule has 0 unspecified atom stereocenters. The van der Waals surface area contributed by atoms with Gasteiger partial charge in [0.05, 0.1) is 19.4 Å². The van der Waals surface area contributed by atoms with Crippen LogP contribution in [0.4, 0.5) is 4.39 Å². The van der Waals surface area contributed by atoms with Crippen molar-refractivity contribution in [3.05, 3.63) is 71.7 Å². The smallest absolute Gasteiger partial charge is 0.257 e. The molecular weight excluding hydrogens is 487 g/mol. The van der Waals surface area contributed by atoms with Crippen molar-refractivity contribution in [1.82, 2.24) is 15.2 Å². The molecule has 5 rings (SSSR count). The number of aromatic nitrogens is 1. The molecule has 2 heterocycles. The predicted octanol–water partition coefficient (Wildman–Crippen LogP) is 4.22. The Hall–Kier alpha value is -3.53. The lowest BCUT2D eigenvalue weighted by molar-refractivity contribution is 0.0342. The number of aromatic hydroxyl groups is 1. The van der Waals surface area contributed by atoms with Crippen LogP contribution in [0.5, 0.6) is 17.4 Å². The minimum absolute atomic E-state index is 0.0128. The van der Waals surface area contributed by atoms with Crippen LogP contribution in [-0.2, 0) is 11.3 Å². The molecule has 0 atom stereocenters. The highest BCUT2D eigenvalue weighted by Gasteiger charge is 2.23. The predicted molar refractivity (Wildman–Crippen MR) is 142 cm³/mol. The van der Waals surface area contributed by atoms with Gasteiger partial charge >= 0.3 is 0 Å². The summed E-state index contributed by atoms with van der Waals surface area (Å²) in [6.07, 6.45) is 4.29. The van der Waals surface area contributed by atoms with Crippen LogP contribution in [0.25, 0.3) is 11.1 Å². The minimum atomic E-state index is -0.612. The molecule has 0 bridgehead atoms. The summed E-state index contributed by atoms with van der Waals surface area (Å²) in [5.41, 5.74) is 8.85. The third-order valence-corrected chi connectivity index (χ3v) is 7.12. The molecule has 1 saturated heterocycles. The van der Waals surface area contributed by atoms with Crippen molar-refractivity contribution in [2.24, 2.45) is 5.73 Å². The van der Waals surface area contributed by atoms with Gasteiger partial charge in [-0.05, 0) is 72.7 Å². The van der Waals surface area contributed by atoms with Gasteiger partial charge in [0.2, 0.25) is 5.88 Å². The molecule has 1 aromatic heterocycles. The van der Waals surface area contributed by atoms with Crippen molar-refractivity contribution in [1.29, 1.82) is 0 Å². The fourth-order valence-corrected chi connectivity index (χ4v) is 5.03. The van der Waals surface area contributed by atoms with Crippen molar-refractivity contribution in [2.75, 3.05) is 26.3 Å². The van der Waals surface area contributed by atoms with Gasteiger partial charge in [0, 0.05) is 31.7 Å². The second-order valence-corrected chi connectivity index (χ2v) is 9.95. The standard InChI is InChI=1S/C29H33FN4O4/c30-21-16-27(28(36)33-23-6-4-22(31)5-7-23)29(32-17-21)38-25-3-1-2-19(15-25)26-9-8-24(35)14-20(26)18-34-10-12-37-13-11-34/h1-3,8-9,14-17,22-23,35H,4-7,10-13,18,31H2,(H,33,36)/t22-,23-. The van der Waals surface area contributed by atoms with Crippen molar-refractivity contribution in [2.45, 2.75) is 44.3 Å².